The molecule has 0 fully saturated rings. The van der Waals surface area contributed by atoms with Gasteiger partial charge in [-0.25, -0.2) is 4.39 Å². The summed E-state index contributed by atoms with van der Waals surface area (Å²) in [6.45, 7) is 0. The number of carbonyl (C=O) groups is 1. The first-order valence-corrected chi connectivity index (χ1v) is 5.22. The van der Waals surface area contributed by atoms with Crippen molar-refractivity contribution in [1.82, 2.24) is 9.97 Å². The van der Waals surface area contributed by atoms with Gasteiger partial charge < -0.3 is 0 Å². The van der Waals surface area contributed by atoms with Crippen molar-refractivity contribution < 1.29 is 9.18 Å². The van der Waals surface area contributed by atoms with E-state index in [1.165, 1.54) is 18.5 Å². The van der Waals surface area contributed by atoms with Gasteiger partial charge in [0.25, 0.3) is 0 Å². The standard InChI is InChI=1S/C11H6BrFN2O/c12-8-3-7(4-15-5-8)11(16)9-1-2-14-6-10(9)13/h1-6H. The molecule has 2 aromatic heterocycles. The number of aromatic nitrogens is 2. The van der Waals surface area contributed by atoms with E-state index in [9.17, 15) is 9.18 Å². The summed E-state index contributed by atoms with van der Waals surface area (Å²) in [4.78, 5) is 19.3. The molecule has 0 unspecified atom stereocenters. The highest BCUT2D eigenvalue weighted by Crippen LogP contribution is 2.15. The van der Waals surface area contributed by atoms with Crippen LogP contribution in [0.2, 0.25) is 0 Å². The summed E-state index contributed by atoms with van der Waals surface area (Å²) in [6, 6.07) is 2.94. The number of rotatable bonds is 2. The zero-order chi connectivity index (χ0) is 11.5. The first-order chi connectivity index (χ1) is 7.68. The molecule has 0 saturated heterocycles. The third-order valence-electron chi connectivity index (χ3n) is 1.98. The van der Waals surface area contributed by atoms with E-state index in [1.54, 1.807) is 12.3 Å². The molecule has 0 bridgehead atoms. The number of hydrogen-bond acceptors (Lipinski definition) is 3. The highest BCUT2D eigenvalue weighted by atomic mass is 79.9. The summed E-state index contributed by atoms with van der Waals surface area (Å²) >= 11 is 3.20. The van der Waals surface area contributed by atoms with E-state index in [-0.39, 0.29) is 5.56 Å². The van der Waals surface area contributed by atoms with Crippen LogP contribution < -0.4 is 0 Å². The Morgan fingerprint density at radius 1 is 1.25 bits per heavy atom. The zero-order valence-corrected chi connectivity index (χ0v) is 9.61. The lowest BCUT2D eigenvalue weighted by molar-refractivity contribution is 0.103. The van der Waals surface area contributed by atoms with Gasteiger partial charge in [-0.05, 0) is 28.1 Å². The van der Waals surface area contributed by atoms with Crippen LogP contribution in [-0.2, 0) is 0 Å². The van der Waals surface area contributed by atoms with Gasteiger partial charge in [0.05, 0.1) is 11.8 Å². The summed E-state index contributed by atoms with van der Waals surface area (Å²) < 4.78 is 14.0. The number of halogens is 2. The van der Waals surface area contributed by atoms with Crippen molar-refractivity contribution in [2.24, 2.45) is 0 Å². The first-order valence-electron chi connectivity index (χ1n) is 4.43. The Hall–Kier alpha value is -1.62. The fourth-order valence-electron chi connectivity index (χ4n) is 1.25. The second-order valence-corrected chi connectivity index (χ2v) is 3.99. The monoisotopic (exact) mass is 280 g/mol. The quantitative estimate of drug-likeness (QED) is 0.795. The molecule has 80 valence electrons. The lowest BCUT2D eigenvalue weighted by atomic mass is 10.1. The topological polar surface area (TPSA) is 42.9 Å². The van der Waals surface area contributed by atoms with Crippen LogP contribution in [0.5, 0.6) is 0 Å². The Kier molecular flexibility index (Phi) is 3.05. The van der Waals surface area contributed by atoms with Crippen molar-refractivity contribution in [3.05, 3.63) is 58.3 Å². The average molecular weight is 281 g/mol. The van der Waals surface area contributed by atoms with Crippen LogP contribution in [0.15, 0.2) is 41.4 Å². The molecule has 0 aliphatic rings. The van der Waals surface area contributed by atoms with Crippen LogP contribution in [-0.4, -0.2) is 15.8 Å². The van der Waals surface area contributed by atoms with Gasteiger partial charge in [0.2, 0.25) is 0 Å². The fourth-order valence-corrected chi connectivity index (χ4v) is 1.62. The molecule has 0 spiro atoms. The summed E-state index contributed by atoms with van der Waals surface area (Å²) in [5, 5.41) is 0. The van der Waals surface area contributed by atoms with Crippen LogP contribution in [0.1, 0.15) is 15.9 Å². The minimum atomic E-state index is -0.632. The Labute approximate surface area is 99.5 Å². The summed E-state index contributed by atoms with van der Waals surface area (Å²) in [5.74, 6) is -1.04. The summed E-state index contributed by atoms with van der Waals surface area (Å²) in [6.07, 6.45) is 5.34. The molecule has 2 aromatic rings. The lowest BCUT2D eigenvalue weighted by Gasteiger charge is -2.01. The van der Waals surface area contributed by atoms with Crippen LogP contribution >= 0.6 is 15.9 Å². The SMILES string of the molecule is O=C(c1cncc(Br)c1)c1ccncc1F. The van der Waals surface area contributed by atoms with E-state index in [2.05, 4.69) is 25.9 Å². The van der Waals surface area contributed by atoms with E-state index < -0.39 is 11.6 Å². The highest BCUT2D eigenvalue weighted by Gasteiger charge is 2.14. The number of ketones is 1. The van der Waals surface area contributed by atoms with Crippen LogP contribution in [0.25, 0.3) is 0 Å². The second-order valence-electron chi connectivity index (χ2n) is 3.08. The lowest BCUT2D eigenvalue weighted by Crippen LogP contribution is -2.05. The third kappa shape index (κ3) is 2.14. The number of pyridine rings is 2. The average Bonchev–Trinajstić information content (AvgIpc) is 2.29. The number of carbonyl (C=O) groups excluding carboxylic acids is 1. The highest BCUT2D eigenvalue weighted by molar-refractivity contribution is 9.10. The number of nitrogens with zero attached hydrogens (tertiary/aromatic N) is 2. The molecule has 3 nitrogen and oxygen atoms in total. The van der Waals surface area contributed by atoms with E-state index >= 15 is 0 Å². The van der Waals surface area contributed by atoms with Crippen molar-refractivity contribution in [2.45, 2.75) is 0 Å². The maximum absolute atomic E-state index is 13.3. The van der Waals surface area contributed by atoms with Crippen LogP contribution in [0.3, 0.4) is 0 Å². The van der Waals surface area contributed by atoms with Gasteiger partial charge in [-0.3, -0.25) is 14.8 Å². The van der Waals surface area contributed by atoms with Crippen molar-refractivity contribution in [2.75, 3.05) is 0 Å². The molecule has 0 aromatic carbocycles. The van der Waals surface area contributed by atoms with Gasteiger partial charge in [-0.1, -0.05) is 0 Å². The smallest absolute Gasteiger partial charge is 0.197 e. The molecule has 0 aliphatic carbocycles. The maximum atomic E-state index is 13.3. The molecule has 5 heteroatoms. The van der Waals surface area contributed by atoms with Crippen molar-refractivity contribution in [1.29, 1.82) is 0 Å². The first kappa shape index (κ1) is 10.9. The van der Waals surface area contributed by atoms with Crippen LogP contribution in [0.4, 0.5) is 4.39 Å². The van der Waals surface area contributed by atoms with Gasteiger partial charge in [0, 0.05) is 28.6 Å². The molecule has 0 atom stereocenters. The Bertz CT molecular complexity index is 545. The molecule has 0 saturated carbocycles. The van der Waals surface area contributed by atoms with Gasteiger partial charge in [0.15, 0.2) is 11.6 Å². The number of hydrogen-bond donors (Lipinski definition) is 0. The Morgan fingerprint density at radius 3 is 2.75 bits per heavy atom. The van der Waals surface area contributed by atoms with E-state index in [1.807, 2.05) is 0 Å². The van der Waals surface area contributed by atoms with E-state index in [4.69, 9.17) is 0 Å². The van der Waals surface area contributed by atoms with Gasteiger partial charge >= 0.3 is 0 Å². The zero-order valence-electron chi connectivity index (χ0n) is 8.02. The van der Waals surface area contributed by atoms with Gasteiger partial charge in [-0.15, -0.1) is 0 Å². The Balaban J connectivity index is 2.44. The third-order valence-corrected chi connectivity index (χ3v) is 2.42. The molecule has 0 amide bonds. The fraction of sp³-hybridized carbons (Fsp3) is 0. The minimum Gasteiger partial charge on any atom is -0.288 e. The summed E-state index contributed by atoms with van der Waals surface area (Å²) in [5.41, 5.74) is 0.328. The molecule has 2 heterocycles. The van der Waals surface area contributed by atoms with Gasteiger partial charge in [0.1, 0.15) is 0 Å². The van der Waals surface area contributed by atoms with E-state index in [0.717, 1.165) is 6.20 Å². The molecule has 16 heavy (non-hydrogen) atoms. The minimum absolute atomic E-state index is 0.00472. The largest absolute Gasteiger partial charge is 0.288 e. The normalized spacial score (nSPS) is 10.1. The molecular weight excluding hydrogens is 275 g/mol. The second kappa shape index (κ2) is 4.49. The van der Waals surface area contributed by atoms with Crippen molar-refractivity contribution >= 4 is 21.7 Å². The molecular formula is C11H6BrFN2O. The molecule has 0 N–H and O–H groups in total. The molecule has 0 aliphatic heterocycles. The molecule has 0 radical (unpaired) electrons. The Morgan fingerprint density at radius 2 is 2.06 bits per heavy atom. The van der Waals surface area contributed by atoms with Gasteiger partial charge in [-0.2, -0.15) is 0 Å². The summed E-state index contributed by atoms with van der Waals surface area (Å²) in [7, 11) is 0. The maximum Gasteiger partial charge on any atom is 0.197 e. The predicted molar refractivity (Wildman–Crippen MR) is 59.6 cm³/mol. The molecule has 2 rings (SSSR count). The predicted octanol–water partition coefficient (Wildman–Crippen LogP) is 2.61. The van der Waals surface area contributed by atoms with Crippen molar-refractivity contribution in [3.8, 4) is 0 Å². The van der Waals surface area contributed by atoms with Crippen molar-refractivity contribution in [3.63, 3.8) is 0 Å². The van der Waals surface area contributed by atoms with Crippen LogP contribution in [0, 0.1) is 5.82 Å². The van der Waals surface area contributed by atoms with E-state index in [0.29, 0.717) is 10.0 Å².